The molecule has 23 heavy (non-hydrogen) atoms. The van der Waals surface area contributed by atoms with Gasteiger partial charge in [-0.15, -0.1) is 0 Å². The Morgan fingerprint density at radius 2 is 1.91 bits per heavy atom. The summed E-state index contributed by atoms with van der Waals surface area (Å²) in [7, 11) is 0. The van der Waals surface area contributed by atoms with E-state index < -0.39 is 0 Å². The Bertz CT molecular complexity index is 685. The molecule has 0 radical (unpaired) electrons. The van der Waals surface area contributed by atoms with Gasteiger partial charge < -0.3 is 10.1 Å². The maximum Gasteiger partial charge on any atom is 0.137 e. The van der Waals surface area contributed by atoms with Crippen LogP contribution in [-0.4, -0.2) is 6.61 Å². The third-order valence-electron chi connectivity index (χ3n) is 3.24. The van der Waals surface area contributed by atoms with E-state index in [2.05, 4.69) is 27.3 Å². The van der Waals surface area contributed by atoms with E-state index in [0.29, 0.717) is 30.6 Å². The molecule has 0 fully saturated rings. The van der Waals surface area contributed by atoms with Crippen LogP contribution in [0.3, 0.4) is 0 Å². The van der Waals surface area contributed by atoms with Gasteiger partial charge in [0, 0.05) is 19.5 Å². The summed E-state index contributed by atoms with van der Waals surface area (Å²) < 4.78 is 19.5. The SMILES string of the molecule is N#CCCCOc1cccc(CNCc2ccc(Br)c(F)c2)c1. The van der Waals surface area contributed by atoms with Crippen molar-refractivity contribution < 1.29 is 9.13 Å². The van der Waals surface area contributed by atoms with E-state index in [1.807, 2.05) is 30.3 Å². The Morgan fingerprint density at radius 3 is 2.65 bits per heavy atom. The van der Waals surface area contributed by atoms with Gasteiger partial charge in [-0.3, -0.25) is 0 Å². The van der Waals surface area contributed by atoms with Crippen LogP contribution in [-0.2, 0) is 13.1 Å². The van der Waals surface area contributed by atoms with Gasteiger partial charge in [0.2, 0.25) is 0 Å². The Hall–Kier alpha value is -1.90. The highest BCUT2D eigenvalue weighted by atomic mass is 79.9. The molecule has 0 heterocycles. The highest BCUT2D eigenvalue weighted by molar-refractivity contribution is 9.10. The van der Waals surface area contributed by atoms with Crippen LogP contribution in [0.25, 0.3) is 0 Å². The summed E-state index contributed by atoms with van der Waals surface area (Å²) in [5, 5.41) is 11.8. The summed E-state index contributed by atoms with van der Waals surface area (Å²) in [5.74, 6) is 0.550. The quantitative estimate of drug-likeness (QED) is 0.686. The number of nitriles is 1. The highest BCUT2D eigenvalue weighted by Crippen LogP contribution is 2.17. The largest absolute Gasteiger partial charge is 0.494 e. The zero-order valence-electron chi connectivity index (χ0n) is 12.7. The van der Waals surface area contributed by atoms with E-state index in [1.54, 1.807) is 6.07 Å². The van der Waals surface area contributed by atoms with Crippen molar-refractivity contribution in [2.24, 2.45) is 0 Å². The van der Waals surface area contributed by atoms with Crippen molar-refractivity contribution >= 4 is 15.9 Å². The van der Waals surface area contributed by atoms with E-state index in [0.717, 1.165) is 23.3 Å². The first kappa shape index (κ1) is 17.5. The standard InChI is InChI=1S/C18H18BrFN2O/c19-17-7-6-15(11-18(17)20)13-22-12-14-4-3-5-16(10-14)23-9-2-1-8-21/h3-7,10-11,22H,1-2,9,12-13H2. The smallest absolute Gasteiger partial charge is 0.137 e. The maximum atomic E-state index is 13.4. The second kappa shape index (κ2) is 9.29. The Balaban J connectivity index is 1.81. The molecule has 0 unspecified atom stereocenters. The summed E-state index contributed by atoms with van der Waals surface area (Å²) in [5.41, 5.74) is 2.00. The second-order valence-corrected chi connectivity index (χ2v) is 5.96. The molecule has 0 aliphatic rings. The molecule has 5 heteroatoms. The van der Waals surface area contributed by atoms with E-state index in [9.17, 15) is 4.39 Å². The normalized spacial score (nSPS) is 10.3. The fourth-order valence-corrected chi connectivity index (χ4v) is 2.33. The minimum absolute atomic E-state index is 0.253. The van der Waals surface area contributed by atoms with Gasteiger partial charge in [-0.2, -0.15) is 5.26 Å². The monoisotopic (exact) mass is 376 g/mol. The summed E-state index contributed by atoms with van der Waals surface area (Å²) in [6, 6.07) is 15.0. The number of ether oxygens (including phenoxy) is 1. The molecule has 0 aromatic heterocycles. The molecule has 0 aliphatic heterocycles. The van der Waals surface area contributed by atoms with Crippen LogP contribution < -0.4 is 10.1 Å². The van der Waals surface area contributed by atoms with Gasteiger partial charge in [-0.25, -0.2) is 4.39 Å². The molecule has 0 saturated heterocycles. The lowest BCUT2D eigenvalue weighted by Crippen LogP contribution is -2.13. The van der Waals surface area contributed by atoms with Crippen molar-refractivity contribution in [2.75, 3.05) is 6.61 Å². The lowest BCUT2D eigenvalue weighted by molar-refractivity contribution is 0.312. The third-order valence-corrected chi connectivity index (χ3v) is 3.89. The number of hydrogen-bond donors (Lipinski definition) is 1. The molecule has 0 saturated carbocycles. The predicted molar refractivity (Wildman–Crippen MR) is 91.4 cm³/mol. The van der Waals surface area contributed by atoms with Gasteiger partial charge in [0.1, 0.15) is 11.6 Å². The van der Waals surface area contributed by atoms with Crippen LogP contribution >= 0.6 is 15.9 Å². The van der Waals surface area contributed by atoms with Crippen molar-refractivity contribution in [1.29, 1.82) is 5.26 Å². The zero-order chi connectivity index (χ0) is 16.5. The Labute approximate surface area is 144 Å². The maximum absolute atomic E-state index is 13.4. The molecule has 120 valence electrons. The third kappa shape index (κ3) is 6.01. The topological polar surface area (TPSA) is 45.0 Å². The number of nitrogens with zero attached hydrogens (tertiary/aromatic N) is 1. The number of rotatable bonds is 8. The van der Waals surface area contributed by atoms with E-state index in [-0.39, 0.29) is 5.82 Å². The number of halogens is 2. The van der Waals surface area contributed by atoms with E-state index in [4.69, 9.17) is 10.00 Å². The van der Waals surface area contributed by atoms with Crippen LogP contribution in [0.5, 0.6) is 5.75 Å². The fraction of sp³-hybridized carbons (Fsp3) is 0.278. The van der Waals surface area contributed by atoms with Crippen LogP contribution in [0.1, 0.15) is 24.0 Å². The molecule has 2 aromatic carbocycles. The van der Waals surface area contributed by atoms with Gasteiger partial charge in [-0.05, 0) is 57.7 Å². The molecular weight excluding hydrogens is 359 g/mol. The lowest BCUT2D eigenvalue weighted by Gasteiger charge is -2.09. The van der Waals surface area contributed by atoms with Gasteiger partial charge in [0.15, 0.2) is 0 Å². The first-order chi connectivity index (χ1) is 11.2. The van der Waals surface area contributed by atoms with Crippen molar-refractivity contribution in [3.8, 4) is 11.8 Å². The number of unbranched alkanes of at least 4 members (excludes halogenated alkanes) is 1. The Morgan fingerprint density at radius 1 is 1.13 bits per heavy atom. The molecule has 0 aliphatic carbocycles. The fourth-order valence-electron chi connectivity index (χ4n) is 2.09. The van der Waals surface area contributed by atoms with Crippen molar-refractivity contribution in [3.63, 3.8) is 0 Å². The van der Waals surface area contributed by atoms with E-state index >= 15 is 0 Å². The van der Waals surface area contributed by atoms with Gasteiger partial charge in [0.25, 0.3) is 0 Å². The van der Waals surface area contributed by atoms with Crippen LogP contribution in [0.15, 0.2) is 46.9 Å². The molecule has 0 bridgehead atoms. The summed E-state index contributed by atoms with van der Waals surface area (Å²) >= 11 is 3.15. The highest BCUT2D eigenvalue weighted by Gasteiger charge is 2.01. The lowest BCUT2D eigenvalue weighted by atomic mass is 10.2. The molecule has 2 rings (SSSR count). The molecule has 0 amide bonds. The predicted octanol–water partition coefficient (Wildman–Crippen LogP) is 4.56. The first-order valence-electron chi connectivity index (χ1n) is 7.42. The summed E-state index contributed by atoms with van der Waals surface area (Å²) in [6.45, 7) is 1.81. The molecule has 1 N–H and O–H groups in total. The number of benzene rings is 2. The first-order valence-corrected chi connectivity index (χ1v) is 8.21. The Kier molecular flexibility index (Phi) is 7.05. The second-order valence-electron chi connectivity index (χ2n) is 5.11. The average molecular weight is 377 g/mol. The minimum Gasteiger partial charge on any atom is -0.494 e. The molecule has 0 spiro atoms. The molecule has 3 nitrogen and oxygen atoms in total. The van der Waals surface area contributed by atoms with Crippen LogP contribution in [0, 0.1) is 17.1 Å². The van der Waals surface area contributed by atoms with Gasteiger partial charge >= 0.3 is 0 Å². The zero-order valence-corrected chi connectivity index (χ0v) is 14.3. The molecule has 0 atom stereocenters. The molecule has 2 aromatic rings. The van der Waals surface area contributed by atoms with Gasteiger partial charge in [0.05, 0.1) is 17.1 Å². The average Bonchev–Trinajstić information content (AvgIpc) is 2.55. The minimum atomic E-state index is -0.253. The van der Waals surface area contributed by atoms with Crippen molar-refractivity contribution in [3.05, 3.63) is 63.9 Å². The van der Waals surface area contributed by atoms with Crippen LogP contribution in [0.4, 0.5) is 4.39 Å². The van der Waals surface area contributed by atoms with Crippen molar-refractivity contribution in [2.45, 2.75) is 25.9 Å². The number of hydrogen-bond acceptors (Lipinski definition) is 3. The van der Waals surface area contributed by atoms with Crippen LogP contribution in [0.2, 0.25) is 0 Å². The van der Waals surface area contributed by atoms with Crippen molar-refractivity contribution in [1.82, 2.24) is 5.32 Å². The van der Waals surface area contributed by atoms with Gasteiger partial charge in [-0.1, -0.05) is 18.2 Å². The summed E-state index contributed by atoms with van der Waals surface area (Å²) in [4.78, 5) is 0. The summed E-state index contributed by atoms with van der Waals surface area (Å²) in [6.07, 6.45) is 1.24. The van der Waals surface area contributed by atoms with E-state index in [1.165, 1.54) is 6.07 Å². The molecular formula is C18H18BrFN2O. The number of nitrogens with one attached hydrogen (secondary N) is 1.